The van der Waals surface area contributed by atoms with Crippen molar-refractivity contribution in [2.24, 2.45) is 0 Å². The highest BCUT2D eigenvalue weighted by Crippen LogP contribution is 2.27. The van der Waals surface area contributed by atoms with E-state index in [-0.39, 0.29) is 9.92 Å². The zero-order valence-electron chi connectivity index (χ0n) is 17.4. The molecular formula is C21H22Cl2N4O4S. The summed E-state index contributed by atoms with van der Waals surface area (Å²) in [7, 11) is -3.64. The van der Waals surface area contributed by atoms with Gasteiger partial charge in [0, 0.05) is 31.7 Å². The van der Waals surface area contributed by atoms with E-state index in [0.717, 1.165) is 11.3 Å². The molecule has 32 heavy (non-hydrogen) atoms. The van der Waals surface area contributed by atoms with Crippen LogP contribution >= 0.6 is 23.2 Å². The Morgan fingerprint density at radius 1 is 1.03 bits per heavy atom. The normalized spacial score (nSPS) is 15.7. The maximum absolute atomic E-state index is 12.9. The average Bonchev–Trinajstić information content (AvgIpc) is 3.25. The van der Waals surface area contributed by atoms with Gasteiger partial charge in [-0.1, -0.05) is 28.4 Å². The van der Waals surface area contributed by atoms with Crippen molar-refractivity contribution in [3.8, 4) is 17.1 Å². The summed E-state index contributed by atoms with van der Waals surface area (Å²) in [6.45, 7) is 4.77. The highest BCUT2D eigenvalue weighted by Gasteiger charge is 2.29. The highest BCUT2D eigenvalue weighted by atomic mass is 35.5. The third kappa shape index (κ3) is 5.07. The van der Waals surface area contributed by atoms with Crippen molar-refractivity contribution in [2.75, 3.05) is 32.8 Å². The number of sulfonamides is 1. The molecule has 1 aliphatic heterocycles. The van der Waals surface area contributed by atoms with E-state index in [2.05, 4.69) is 15.0 Å². The number of piperazine rings is 1. The lowest BCUT2D eigenvalue weighted by Gasteiger charge is -2.33. The number of hydrogen-bond donors (Lipinski definition) is 0. The Morgan fingerprint density at radius 3 is 2.41 bits per heavy atom. The van der Waals surface area contributed by atoms with Gasteiger partial charge in [-0.25, -0.2) is 8.42 Å². The third-order valence-electron chi connectivity index (χ3n) is 5.11. The summed E-state index contributed by atoms with van der Waals surface area (Å²) in [4.78, 5) is 6.68. The Balaban J connectivity index is 1.35. The number of halogens is 2. The Labute approximate surface area is 196 Å². The average molecular weight is 497 g/mol. The van der Waals surface area contributed by atoms with Gasteiger partial charge in [0.1, 0.15) is 5.75 Å². The molecule has 2 heterocycles. The van der Waals surface area contributed by atoms with Gasteiger partial charge in [0.05, 0.1) is 28.1 Å². The molecule has 0 amide bonds. The van der Waals surface area contributed by atoms with E-state index in [1.807, 2.05) is 31.2 Å². The molecule has 0 aliphatic carbocycles. The Hall–Kier alpha value is -2.17. The SMILES string of the molecule is CCOc1ccc(-c2noc(CN3CCN(S(=O)(=O)c4ccc(Cl)c(Cl)c4)CC3)n2)cc1. The summed E-state index contributed by atoms with van der Waals surface area (Å²) in [6.07, 6.45) is 0. The van der Waals surface area contributed by atoms with Crippen LogP contribution in [-0.4, -0.2) is 60.5 Å². The topological polar surface area (TPSA) is 88.8 Å². The van der Waals surface area contributed by atoms with Crippen molar-refractivity contribution in [2.45, 2.75) is 18.4 Å². The van der Waals surface area contributed by atoms with E-state index in [1.165, 1.54) is 22.5 Å². The maximum Gasteiger partial charge on any atom is 0.243 e. The van der Waals surface area contributed by atoms with Crippen LogP contribution in [0.5, 0.6) is 5.75 Å². The van der Waals surface area contributed by atoms with Crippen LogP contribution in [0, 0.1) is 0 Å². The summed E-state index contributed by atoms with van der Waals surface area (Å²) >= 11 is 11.9. The van der Waals surface area contributed by atoms with E-state index in [9.17, 15) is 8.42 Å². The van der Waals surface area contributed by atoms with Crippen molar-refractivity contribution in [1.29, 1.82) is 0 Å². The molecule has 3 aromatic rings. The van der Waals surface area contributed by atoms with E-state index in [0.29, 0.717) is 56.1 Å². The van der Waals surface area contributed by atoms with Gasteiger partial charge in [-0.3, -0.25) is 4.90 Å². The first-order valence-electron chi connectivity index (χ1n) is 10.1. The van der Waals surface area contributed by atoms with Crippen LogP contribution in [0.15, 0.2) is 51.9 Å². The molecule has 0 bridgehead atoms. The summed E-state index contributed by atoms with van der Waals surface area (Å²) < 4.78 is 38.1. The summed E-state index contributed by atoms with van der Waals surface area (Å²) in [6, 6.07) is 11.8. The predicted molar refractivity (Wildman–Crippen MR) is 121 cm³/mol. The van der Waals surface area contributed by atoms with E-state index in [4.69, 9.17) is 32.5 Å². The van der Waals surface area contributed by atoms with Gasteiger partial charge in [0.25, 0.3) is 0 Å². The van der Waals surface area contributed by atoms with Crippen LogP contribution in [0.3, 0.4) is 0 Å². The Kier molecular flexibility index (Phi) is 7.02. The zero-order valence-corrected chi connectivity index (χ0v) is 19.7. The number of benzene rings is 2. The summed E-state index contributed by atoms with van der Waals surface area (Å²) in [5, 5.41) is 4.59. The van der Waals surface area contributed by atoms with Crippen molar-refractivity contribution >= 4 is 33.2 Å². The molecule has 1 fully saturated rings. The first-order chi connectivity index (χ1) is 15.4. The fraction of sp³-hybridized carbons (Fsp3) is 0.333. The molecule has 1 aromatic heterocycles. The molecule has 0 unspecified atom stereocenters. The van der Waals surface area contributed by atoms with E-state index in [1.54, 1.807) is 0 Å². The Morgan fingerprint density at radius 2 is 1.75 bits per heavy atom. The zero-order chi connectivity index (χ0) is 22.7. The van der Waals surface area contributed by atoms with Crippen molar-refractivity contribution in [1.82, 2.24) is 19.3 Å². The van der Waals surface area contributed by atoms with Gasteiger partial charge in [-0.05, 0) is 49.4 Å². The molecule has 11 heteroatoms. The van der Waals surface area contributed by atoms with Gasteiger partial charge in [0.15, 0.2) is 0 Å². The quantitative estimate of drug-likeness (QED) is 0.489. The first-order valence-corrected chi connectivity index (χ1v) is 12.3. The molecular weight excluding hydrogens is 475 g/mol. The van der Waals surface area contributed by atoms with Crippen LogP contribution in [-0.2, 0) is 16.6 Å². The maximum atomic E-state index is 12.9. The van der Waals surface area contributed by atoms with E-state index >= 15 is 0 Å². The lowest BCUT2D eigenvalue weighted by molar-refractivity contribution is 0.163. The molecule has 0 radical (unpaired) electrons. The first kappa shape index (κ1) is 23.0. The van der Waals surface area contributed by atoms with Crippen LogP contribution < -0.4 is 4.74 Å². The smallest absolute Gasteiger partial charge is 0.243 e. The molecule has 0 atom stereocenters. The second-order valence-electron chi connectivity index (χ2n) is 7.23. The summed E-state index contributed by atoms with van der Waals surface area (Å²) in [5.41, 5.74) is 0.834. The number of aromatic nitrogens is 2. The van der Waals surface area contributed by atoms with Gasteiger partial charge in [0.2, 0.25) is 21.7 Å². The number of hydrogen-bond acceptors (Lipinski definition) is 7. The molecule has 0 saturated carbocycles. The lowest BCUT2D eigenvalue weighted by atomic mass is 10.2. The largest absolute Gasteiger partial charge is 0.494 e. The van der Waals surface area contributed by atoms with Crippen molar-refractivity contribution in [3.63, 3.8) is 0 Å². The molecule has 2 aromatic carbocycles. The fourth-order valence-corrected chi connectivity index (χ4v) is 5.22. The Bertz CT molecular complexity index is 1180. The number of ether oxygens (including phenoxy) is 1. The standard InChI is InChI=1S/C21H22Cl2N4O4S/c1-2-30-16-5-3-15(4-6-16)21-24-20(31-25-21)14-26-9-11-27(12-10-26)32(28,29)17-7-8-18(22)19(23)13-17/h3-8,13H,2,9-12,14H2,1H3. The van der Waals surface area contributed by atoms with Crippen LogP contribution in [0.2, 0.25) is 10.0 Å². The second kappa shape index (κ2) is 9.76. The van der Waals surface area contributed by atoms with Gasteiger partial charge in [-0.2, -0.15) is 9.29 Å². The van der Waals surface area contributed by atoms with Gasteiger partial charge >= 0.3 is 0 Å². The summed E-state index contributed by atoms with van der Waals surface area (Å²) in [5.74, 6) is 1.77. The third-order valence-corrected chi connectivity index (χ3v) is 7.74. The van der Waals surface area contributed by atoms with Gasteiger partial charge in [-0.15, -0.1) is 0 Å². The molecule has 4 rings (SSSR count). The molecule has 0 N–H and O–H groups in total. The lowest BCUT2D eigenvalue weighted by Crippen LogP contribution is -2.48. The highest BCUT2D eigenvalue weighted by molar-refractivity contribution is 7.89. The van der Waals surface area contributed by atoms with Gasteiger partial charge < -0.3 is 9.26 Å². The number of rotatable bonds is 7. The second-order valence-corrected chi connectivity index (χ2v) is 9.98. The van der Waals surface area contributed by atoms with E-state index < -0.39 is 10.0 Å². The predicted octanol–water partition coefficient (Wildman–Crippen LogP) is 3.95. The van der Waals surface area contributed by atoms with Crippen LogP contribution in [0.4, 0.5) is 0 Å². The molecule has 1 aliphatic rings. The van der Waals surface area contributed by atoms with Crippen molar-refractivity contribution < 1.29 is 17.7 Å². The molecule has 8 nitrogen and oxygen atoms in total. The minimum absolute atomic E-state index is 0.136. The molecule has 1 saturated heterocycles. The van der Waals surface area contributed by atoms with Crippen LogP contribution in [0.1, 0.15) is 12.8 Å². The molecule has 170 valence electrons. The monoisotopic (exact) mass is 496 g/mol. The number of nitrogens with zero attached hydrogens (tertiary/aromatic N) is 4. The fourth-order valence-electron chi connectivity index (χ4n) is 3.41. The minimum Gasteiger partial charge on any atom is -0.494 e. The van der Waals surface area contributed by atoms with Crippen molar-refractivity contribution in [3.05, 3.63) is 58.4 Å². The molecule has 0 spiro atoms. The van der Waals surface area contributed by atoms with Crippen LogP contribution in [0.25, 0.3) is 11.4 Å². The minimum atomic E-state index is -3.64.